The number of para-hydroxylation sites is 1. The fourth-order valence-electron chi connectivity index (χ4n) is 3.56. The quantitative estimate of drug-likeness (QED) is 0.308. The fourth-order valence-corrected chi connectivity index (χ4v) is 4.23. The van der Waals surface area contributed by atoms with E-state index in [4.69, 9.17) is 5.21 Å². The van der Waals surface area contributed by atoms with Crippen molar-refractivity contribution >= 4 is 45.0 Å². The highest BCUT2D eigenvalue weighted by atomic mass is 32.1. The molecule has 0 unspecified atom stereocenters. The monoisotopic (exact) mass is 437 g/mol. The summed E-state index contributed by atoms with van der Waals surface area (Å²) in [7, 11) is 0. The van der Waals surface area contributed by atoms with Crippen LogP contribution in [0.4, 0.5) is 10.9 Å². The van der Waals surface area contributed by atoms with Gasteiger partial charge in [0.25, 0.3) is 5.91 Å². The third-order valence-electron chi connectivity index (χ3n) is 5.19. The summed E-state index contributed by atoms with van der Waals surface area (Å²) in [5.41, 5.74) is 4.11. The van der Waals surface area contributed by atoms with E-state index >= 15 is 0 Å². The Hall–Kier alpha value is -3.30. The molecule has 1 aliphatic rings. The Labute approximate surface area is 183 Å². The lowest BCUT2D eigenvalue weighted by Crippen LogP contribution is -2.35. The Kier molecular flexibility index (Phi) is 6.24. The van der Waals surface area contributed by atoms with Crippen LogP contribution < -0.4 is 10.8 Å². The Bertz CT molecular complexity index is 1160. The molecule has 0 saturated carbocycles. The summed E-state index contributed by atoms with van der Waals surface area (Å²) in [4.78, 5) is 36.5. The molecule has 0 bridgehead atoms. The summed E-state index contributed by atoms with van der Waals surface area (Å²) in [6.45, 7) is 3.05. The van der Waals surface area contributed by atoms with Gasteiger partial charge in [-0.3, -0.25) is 14.8 Å². The number of carbonyl (C=O) groups is 2. The zero-order valence-electron chi connectivity index (χ0n) is 17.1. The van der Waals surface area contributed by atoms with Crippen LogP contribution in [0.3, 0.4) is 0 Å². The minimum atomic E-state index is -0.405. The lowest BCUT2D eigenvalue weighted by atomic mass is 10.0. The summed E-state index contributed by atoms with van der Waals surface area (Å²) in [6.07, 6.45) is 5.30. The first-order valence-corrected chi connectivity index (χ1v) is 10.8. The van der Waals surface area contributed by atoms with Crippen LogP contribution in [0.5, 0.6) is 0 Å². The second-order valence-electron chi connectivity index (χ2n) is 7.37. The van der Waals surface area contributed by atoms with Crippen LogP contribution in [-0.4, -0.2) is 45.0 Å². The van der Waals surface area contributed by atoms with Gasteiger partial charge in [0.2, 0.25) is 5.91 Å². The first-order valence-electron chi connectivity index (χ1n) is 10.0. The van der Waals surface area contributed by atoms with E-state index in [0.29, 0.717) is 37.3 Å². The number of hydrogen-bond acceptors (Lipinski definition) is 7. The number of nitrogens with zero attached hydrogens (tertiary/aromatic N) is 3. The average molecular weight is 438 g/mol. The predicted octanol–water partition coefficient (Wildman–Crippen LogP) is 3.80. The van der Waals surface area contributed by atoms with Gasteiger partial charge in [0, 0.05) is 36.0 Å². The zero-order chi connectivity index (χ0) is 21.8. The van der Waals surface area contributed by atoms with Crippen LogP contribution in [0.15, 0.2) is 48.2 Å². The molecule has 3 aromatic rings. The summed E-state index contributed by atoms with van der Waals surface area (Å²) in [5, 5.41) is 13.4. The molecule has 8 nitrogen and oxygen atoms in total. The standard InChI is InChI=1S/C22H23N5O3S/c1-14-13-23-22(31-14)25-19-12-17(16-4-2-3-5-18(16)24-19)21(29)27-10-8-15(9-11-27)6-7-20(28)26-30/h2-5,8,12-13,30H,6-7,9-11H2,1H3,(H,26,28)(H,23,24,25). The number of amides is 2. The second-order valence-corrected chi connectivity index (χ2v) is 8.61. The molecule has 9 heteroatoms. The van der Waals surface area contributed by atoms with Gasteiger partial charge in [0.1, 0.15) is 5.82 Å². The number of benzene rings is 1. The Morgan fingerprint density at radius 2 is 2.13 bits per heavy atom. The van der Waals surface area contributed by atoms with Crippen LogP contribution in [0.2, 0.25) is 0 Å². The van der Waals surface area contributed by atoms with E-state index in [1.807, 2.05) is 37.3 Å². The van der Waals surface area contributed by atoms with E-state index in [1.54, 1.807) is 22.6 Å². The molecule has 1 aliphatic heterocycles. The smallest absolute Gasteiger partial charge is 0.254 e. The average Bonchev–Trinajstić information content (AvgIpc) is 3.21. The van der Waals surface area contributed by atoms with Crippen molar-refractivity contribution in [2.24, 2.45) is 0 Å². The molecular weight excluding hydrogens is 414 g/mol. The minimum absolute atomic E-state index is 0.0552. The molecule has 3 heterocycles. The molecule has 0 radical (unpaired) electrons. The molecule has 160 valence electrons. The summed E-state index contributed by atoms with van der Waals surface area (Å²) in [6, 6.07) is 9.39. The Balaban J connectivity index is 1.56. The number of aromatic nitrogens is 2. The van der Waals surface area contributed by atoms with Gasteiger partial charge in [-0.05, 0) is 31.9 Å². The Morgan fingerprint density at radius 3 is 2.84 bits per heavy atom. The van der Waals surface area contributed by atoms with Crippen molar-refractivity contribution in [3.63, 3.8) is 0 Å². The van der Waals surface area contributed by atoms with E-state index in [1.165, 1.54) is 11.3 Å². The maximum absolute atomic E-state index is 13.4. The van der Waals surface area contributed by atoms with Crippen LogP contribution in [0, 0.1) is 6.92 Å². The topological polar surface area (TPSA) is 107 Å². The minimum Gasteiger partial charge on any atom is -0.335 e. The van der Waals surface area contributed by atoms with Gasteiger partial charge in [0.15, 0.2) is 5.13 Å². The lowest BCUT2D eigenvalue weighted by Gasteiger charge is -2.27. The predicted molar refractivity (Wildman–Crippen MR) is 120 cm³/mol. The molecule has 3 N–H and O–H groups in total. The maximum Gasteiger partial charge on any atom is 0.254 e. The normalized spacial score (nSPS) is 13.7. The lowest BCUT2D eigenvalue weighted by molar-refractivity contribution is -0.129. The molecule has 0 aliphatic carbocycles. The molecule has 4 rings (SSSR count). The highest BCUT2D eigenvalue weighted by molar-refractivity contribution is 7.15. The number of nitrogens with one attached hydrogen (secondary N) is 2. The van der Waals surface area contributed by atoms with Crippen molar-refractivity contribution in [1.29, 1.82) is 0 Å². The van der Waals surface area contributed by atoms with Crippen molar-refractivity contribution in [2.45, 2.75) is 26.2 Å². The van der Waals surface area contributed by atoms with E-state index in [2.05, 4.69) is 15.3 Å². The van der Waals surface area contributed by atoms with E-state index in [9.17, 15) is 9.59 Å². The second kappa shape index (κ2) is 9.23. The fraction of sp³-hybridized carbons (Fsp3) is 0.273. The van der Waals surface area contributed by atoms with E-state index in [-0.39, 0.29) is 12.3 Å². The number of rotatable bonds is 6. The molecular formula is C22H23N5O3S. The van der Waals surface area contributed by atoms with E-state index < -0.39 is 5.91 Å². The van der Waals surface area contributed by atoms with Gasteiger partial charge in [-0.15, -0.1) is 11.3 Å². The third-order valence-corrected chi connectivity index (χ3v) is 6.02. The molecule has 0 fully saturated rings. The maximum atomic E-state index is 13.4. The molecule has 2 amide bonds. The summed E-state index contributed by atoms with van der Waals surface area (Å²) < 4.78 is 0. The number of fused-ring (bicyclic) bond motifs is 1. The number of carbonyl (C=O) groups excluding carboxylic acids is 2. The number of hydrogen-bond donors (Lipinski definition) is 3. The third kappa shape index (κ3) is 4.89. The van der Waals surface area contributed by atoms with Crippen LogP contribution in [0.25, 0.3) is 10.9 Å². The van der Waals surface area contributed by atoms with Crippen LogP contribution in [0.1, 0.15) is 34.5 Å². The van der Waals surface area contributed by atoms with Gasteiger partial charge < -0.3 is 10.2 Å². The van der Waals surface area contributed by atoms with Crippen molar-refractivity contribution in [2.75, 3.05) is 18.4 Å². The van der Waals surface area contributed by atoms with Gasteiger partial charge in [-0.2, -0.15) is 0 Å². The highest BCUT2D eigenvalue weighted by Gasteiger charge is 2.22. The SMILES string of the molecule is Cc1cnc(Nc2cc(C(=O)N3CC=C(CCC(=O)NO)CC3)c3ccccc3n2)s1. The van der Waals surface area contributed by atoms with Crippen LogP contribution >= 0.6 is 11.3 Å². The first-order chi connectivity index (χ1) is 15.0. The van der Waals surface area contributed by atoms with Gasteiger partial charge in [-0.1, -0.05) is 29.8 Å². The number of aryl methyl sites for hydroxylation is 1. The van der Waals surface area contributed by atoms with Gasteiger partial charge >= 0.3 is 0 Å². The van der Waals surface area contributed by atoms with Gasteiger partial charge in [0.05, 0.1) is 11.1 Å². The van der Waals surface area contributed by atoms with Gasteiger partial charge in [-0.25, -0.2) is 15.4 Å². The van der Waals surface area contributed by atoms with Crippen molar-refractivity contribution in [3.05, 3.63) is 58.6 Å². The van der Waals surface area contributed by atoms with E-state index in [0.717, 1.165) is 26.5 Å². The molecule has 31 heavy (non-hydrogen) atoms. The van der Waals surface area contributed by atoms with Crippen molar-refractivity contribution < 1.29 is 14.8 Å². The first kappa shape index (κ1) is 21.0. The number of hydroxylamine groups is 1. The molecule has 0 spiro atoms. The number of thiazole rings is 1. The summed E-state index contributed by atoms with van der Waals surface area (Å²) >= 11 is 1.53. The number of anilines is 2. The number of pyridine rings is 1. The molecule has 1 aromatic carbocycles. The zero-order valence-corrected chi connectivity index (χ0v) is 17.9. The largest absolute Gasteiger partial charge is 0.335 e. The molecule has 0 atom stereocenters. The van der Waals surface area contributed by atoms with Crippen molar-refractivity contribution in [1.82, 2.24) is 20.3 Å². The molecule has 2 aromatic heterocycles. The molecule has 0 saturated heterocycles. The summed E-state index contributed by atoms with van der Waals surface area (Å²) in [5.74, 6) is 0.123. The highest BCUT2D eigenvalue weighted by Crippen LogP contribution is 2.27. The van der Waals surface area contributed by atoms with Crippen molar-refractivity contribution in [3.8, 4) is 0 Å². The Morgan fingerprint density at radius 1 is 1.29 bits per heavy atom. The van der Waals surface area contributed by atoms with Crippen LogP contribution in [-0.2, 0) is 4.79 Å².